The van der Waals surface area contributed by atoms with Gasteiger partial charge in [-0.15, -0.1) is 0 Å². The van der Waals surface area contributed by atoms with Gasteiger partial charge in [0, 0.05) is 17.8 Å². The molecule has 2 heterocycles. The number of hydrogen-bond donors (Lipinski definition) is 4. The number of aliphatic hydroxyl groups excluding tert-OH is 4. The van der Waals surface area contributed by atoms with E-state index in [0.29, 0.717) is 22.7 Å². The number of nitrogens with zero attached hydrogens (tertiary/aromatic N) is 2. The zero-order valence-corrected chi connectivity index (χ0v) is 20.4. The zero-order valence-electron chi connectivity index (χ0n) is 19.6. The van der Waals surface area contributed by atoms with E-state index in [-0.39, 0.29) is 11.9 Å². The van der Waals surface area contributed by atoms with Crippen LogP contribution in [0.5, 0.6) is 0 Å². The van der Waals surface area contributed by atoms with Crippen molar-refractivity contribution in [1.82, 2.24) is 4.90 Å². The standard InChI is InChI=1S/C25H29ClN2O7/c1-25(2)23(33)27(3)24(34)28(25)16-7-4-13(5-8-16)10-15-11-14(6-9-17(15)26)22-21(32)20(31)19(30)18(12-29)35-22/h4-9,11,18-22,29-32H,10,12H2,1-3H3/t18-,19-,20+,21+,22+/m1/s1. The fraction of sp³-hybridized carbons (Fsp3) is 0.440. The third kappa shape index (κ3) is 4.44. The summed E-state index contributed by atoms with van der Waals surface area (Å²) in [5, 5.41) is 40.6. The Hall–Kier alpha value is -2.53. The van der Waals surface area contributed by atoms with Crippen molar-refractivity contribution in [2.24, 2.45) is 0 Å². The van der Waals surface area contributed by atoms with Crippen LogP contribution < -0.4 is 4.90 Å². The molecule has 9 nitrogen and oxygen atoms in total. The number of ether oxygens (including phenoxy) is 1. The largest absolute Gasteiger partial charge is 0.394 e. The second-order valence-corrected chi connectivity index (χ2v) is 9.89. The van der Waals surface area contributed by atoms with Gasteiger partial charge in [-0.3, -0.25) is 14.6 Å². The number of amides is 3. The SMILES string of the molecule is CN1C(=O)N(c2ccc(Cc3cc([C@@H]4O[C@H](CO)[C@@H](O)[C@H](O)[C@@H]4O)ccc3Cl)cc2)C(C)(C)C1=O. The van der Waals surface area contributed by atoms with Gasteiger partial charge in [-0.2, -0.15) is 0 Å². The Labute approximate surface area is 208 Å². The second kappa shape index (κ2) is 9.50. The number of carbonyl (C=O) groups is 2. The fourth-order valence-electron chi connectivity index (χ4n) is 4.68. The highest BCUT2D eigenvalue weighted by Crippen LogP contribution is 2.35. The number of urea groups is 1. The quantitative estimate of drug-likeness (QED) is 0.455. The van der Waals surface area contributed by atoms with Crippen LogP contribution >= 0.6 is 11.6 Å². The Bertz CT molecular complexity index is 1120. The first-order valence-electron chi connectivity index (χ1n) is 11.3. The predicted octanol–water partition coefficient (Wildman–Crippen LogP) is 1.62. The van der Waals surface area contributed by atoms with Gasteiger partial charge in [0.25, 0.3) is 5.91 Å². The van der Waals surface area contributed by atoms with Crippen molar-refractivity contribution in [1.29, 1.82) is 0 Å². The van der Waals surface area contributed by atoms with E-state index in [1.807, 2.05) is 12.1 Å². The molecule has 2 aliphatic heterocycles. The minimum atomic E-state index is -1.47. The predicted molar refractivity (Wildman–Crippen MR) is 128 cm³/mol. The average molecular weight is 505 g/mol. The Morgan fingerprint density at radius 2 is 1.66 bits per heavy atom. The molecule has 0 radical (unpaired) electrons. The van der Waals surface area contributed by atoms with Crippen molar-refractivity contribution in [3.05, 3.63) is 64.2 Å². The summed E-state index contributed by atoms with van der Waals surface area (Å²) in [6.07, 6.45) is -5.82. The fourth-order valence-corrected chi connectivity index (χ4v) is 4.87. The molecule has 3 amide bonds. The van der Waals surface area contributed by atoms with Crippen LogP contribution in [0.25, 0.3) is 0 Å². The lowest BCUT2D eigenvalue weighted by molar-refractivity contribution is -0.231. The normalized spacial score (nSPS) is 28.6. The molecule has 0 aliphatic carbocycles. The molecule has 2 saturated heterocycles. The summed E-state index contributed by atoms with van der Waals surface area (Å²) >= 11 is 6.42. The summed E-state index contributed by atoms with van der Waals surface area (Å²) in [5.41, 5.74) is 1.79. The molecule has 5 atom stereocenters. The van der Waals surface area contributed by atoms with E-state index in [1.54, 1.807) is 44.2 Å². The number of benzene rings is 2. The van der Waals surface area contributed by atoms with Crippen LogP contribution in [0.1, 0.15) is 36.6 Å². The highest BCUT2D eigenvalue weighted by Gasteiger charge is 2.50. The van der Waals surface area contributed by atoms with Gasteiger partial charge in [0.1, 0.15) is 36.1 Å². The summed E-state index contributed by atoms with van der Waals surface area (Å²) in [4.78, 5) is 27.6. The van der Waals surface area contributed by atoms with Crippen LogP contribution in [0, 0.1) is 0 Å². The molecule has 0 spiro atoms. The molecule has 4 rings (SSSR count). The van der Waals surface area contributed by atoms with Gasteiger partial charge in [-0.1, -0.05) is 35.9 Å². The van der Waals surface area contributed by atoms with E-state index in [9.17, 15) is 30.0 Å². The summed E-state index contributed by atoms with van der Waals surface area (Å²) < 4.78 is 5.66. The maximum absolute atomic E-state index is 12.6. The molecule has 4 N–H and O–H groups in total. The smallest absolute Gasteiger partial charge is 0.331 e. The lowest BCUT2D eigenvalue weighted by Crippen LogP contribution is -2.55. The molecule has 188 valence electrons. The minimum absolute atomic E-state index is 0.275. The van der Waals surface area contributed by atoms with E-state index < -0.39 is 42.7 Å². The summed E-state index contributed by atoms with van der Waals surface area (Å²) in [7, 11) is 1.46. The first kappa shape index (κ1) is 25.6. The van der Waals surface area contributed by atoms with Gasteiger partial charge in [0.2, 0.25) is 0 Å². The van der Waals surface area contributed by atoms with Gasteiger partial charge in [0.15, 0.2) is 0 Å². The third-order valence-electron chi connectivity index (χ3n) is 6.74. The Morgan fingerprint density at radius 1 is 1.00 bits per heavy atom. The lowest BCUT2D eigenvalue weighted by Gasteiger charge is -2.40. The molecule has 2 aromatic carbocycles. The van der Waals surface area contributed by atoms with Crippen molar-refractivity contribution in [2.45, 2.75) is 56.3 Å². The van der Waals surface area contributed by atoms with Crippen LogP contribution in [0.2, 0.25) is 5.02 Å². The lowest BCUT2D eigenvalue weighted by atomic mass is 9.90. The van der Waals surface area contributed by atoms with E-state index in [0.717, 1.165) is 16.0 Å². The number of hydrogen-bond acceptors (Lipinski definition) is 7. The monoisotopic (exact) mass is 504 g/mol. The topological polar surface area (TPSA) is 131 Å². The molecule has 2 aromatic rings. The molecule has 10 heteroatoms. The molecule has 0 bridgehead atoms. The highest BCUT2D eigenvalue weighted by molar-refractivity contribution is 6.31. The minimum Gasteiger partial charge on any atom is -0.394 e. The van der Waals surface area contributed by atoms with E-state index in [1.165, 1.54) is 11.9 Å². The van der Waals surface area contributed by atoms with Gasteiger partial charge in [0.05, 0.1) is 6.61 Å². The molecule has 35 heavy (non-hydrogen) atoms. The number of aliphatic hydroxyl groups is 4. The van der Waals surface area contributed by atoms with Crippen LogP contribution in [-0.2, 0) is 16.0 Å². The highest BCUT2D eigenvalue weighted by atomic mass is 35.5. The Balaban J connectivity index is 1.56. The van der Waals surface area contributed by atoms with Crippen LogP contribution in [0.4, 0.5) is 10.5 Å². The number of rotatable bonds is 5. The number of imide groups is 1. The van der Waals surface area contributed by atoms with Crippen LogP contribution in [-0.4, -0.2) is 80.9 Å². The first-order chi connectivity index (χ1) is 16.5. The van der Waals surface area contributed by atoms with Gasteiger partial charge < -0.3 is 25.2 Å². The van der Waals surface area contributed by atoms with E-state index >= 15 is 0 Å². The third-order valence-corrected chi connectivity index (χ3v) is 7.11. The van der Waals surface area contributed by atoms with Crippen molar-refractivity contribution >= 4 is 29.2 Å². The molecular formula is C25H29ClN2O7. The van der Waals surface area contributed by atoms with Crippen LogP contribution in [0.15, 0.2) is 42.5 Å². The first-order valence-corrected chi connectivity index (χ1v) is 11.6. The maximum Gasteiger partial charge on any atom is 0.331 e. The van der Waals surface area contributed by atoms with Gasteiger partial charge in [-0.25, -0.2) is 4.79 Å². The van der Waals surface area contributed by atoms with Crippen molar-refractivity contribution in [3.63, 3.8) is 0 Å². The van der Waals surface area contributed by atoms with E-state index in [2.05, 4.69) is 0 Å². The molecule has 0 saturated carbocycles. The number of carbonyl (C=O) groups excluding carboxylic acids is 2. The van der Waals surface area contributed by atoms with Gasteiger partial charge in [-0.05, 0) is 55.2 Å². The Kier molecular flexibility index (Phi) is 6.93. The average Bonchev–Trinajstić information content (AvgIpc) is 2.98. The second-order valence-electron chi connectivity index (χ2n) is 9.48. The molecule has 0 unspecified atom stereocenters. The maximum atomic E-state index is 12.6. The van der Waals surface area contributed by atoms with E-state index in [4.69, 9.17) is 16.3 Å². The molecule has 0 aromatic heterocycles. The van der Waals surface area contributed by atoms with Crippen molar-refractivity contribution < 1.29 is 34.8 Å². The molecule has 2 fully saturated rings. The zero-order chi connectivity index (χ0) is 25.7. The van der Waals surface area contributed by atoms with Gasteiger partial charge >= 0.3 is 6.03 Å². The number of anilines is 1. The summed E-state index contributed by atoms with van der Waals surface area (Å²) in [6.45, 7) is 2.90. The van der Waals surface area contributed by atoms with Crippen molar-refractivity contribution in [2.75, 3.05) is 18.6 Å². The number of likely N-dealkylation sites (N-methyl/N-ethyl adjacent to an activating group) is 1. The molecular weight excluding hydrogens is 476 g/mol. The summed E-state index contributed by atoms with van der Waals surface area (Å²) in [5.74, 6) is -0.275. The number of halogens is 1. The summed E-state index contributed by atoms with van der Waals surface area (Å²) in [6, 6.07) is 11.9. The molecule has 2 aliphatic rings. The van der Waals surface area contributed by atoms with Crippen LogP contribution in [0.3, 0.4) is 0 Å². The Morgan fingerprint density at radius 3 is 2.23 bits per heavy atom. The van der Waals surface area contributed by atoms with Crippen molar-refractivity contribution in [3.8, 4) is 0 Å².